The Kier molecular flexibility index (Phi) is 5.79. The second-order valence-electron chi connectivity index (χ2n) is 3.71. The van der Waals surface area contributed by atoms with Crippen molar-refractivity contribution in [1.82, 2.24) is 15.1 Å². The van der Waals surface area contributed by atoms with Crippen molar-refractivity contribution in [2.75, 3.05) is 18.6 Å². The second kappa shape index (κ2) is 6.90. The molecule has 3 nitrogen and oxygen atoms in total. The third kappa shape index (κ3) is 4.71. The fourth-order valence-corrected chi connectivity index (χ4v) is 2.37. The Balaban J connectivity index is 2.27. The van der Waals surface area contributed by atoms with E-state index in [1.165, 1.54) is 23.5 Å². The van der Waals surface area contributed by atoms with Crippen molar-refractivity contribution >= 4 is 11.8 Å². The predicted octanol–water partition coefficient (Wildman–Crippen LogP) is 1.69. The fourth-order valence-electron chi connectivity index (χ4n) is 1.51. The summed E-state index contributed by atoms with van der Waals surface area (Å²) in [5, 5.41) is 7.54. The lowest BCUT2D eigenvalue weighted by atomic mass is 10.1. The average Bonchev–Trinajstić information content (AvgIpc) is 2.65. The van der Waals surface area contributed by atoms with E-state index in [1.807, 2.05) is 36.7 Å². The van der Waals surface area contributed by atoms with Gasteiger partial charge in [0.05, 0.1) is 6.20 Å². The van der Waals surface area contributed by atoms with Crippen molar-refractivity contribution in [2.24, 2.45) is 7.05 Å². The van der Waals surface area contributed by atoms with E-state index < -0.39 is 0 Å². The summed E-state index contributed by atoms with van der Waals surface area (Å²) in [7, 11) is 4.01. The summed E-state index contributed by atoms with van der Waals surface area (Å²) < 4.78 is 1.87. The summed E-state index contributed by atoms with van der Waals surface area (Å²) in [5.74, 6) is 2.40. The van der Waals surface area contributed by atoms with Crippen LogP contribution in [0.25, 0.3) is 0 Å². The van der Waals surface area contributed by atoms with Crippen LogP contribution in [0.15, 0.2) is 12.4 Å². The van der Waals surface area contributed by atoms with Crippen LogP contribution < -0.4 is 5.32 Å². The molecule has 1 N–H and O–H groups in total. The SMILES string of the molecule is CCSCC(CCc1cnn(C)c1)NC. The Morgan fingerprint density at radius 3 is 2.93 bits per heavy atom. The van der Waals surface area contributed by atoms with E-state index in [0.717, 1.165) is 6.42 Å². The molecule has 0 aliphatic carbocycles. The first-order chi connectivity index (χ1) is 7.26. The third-order valence-corrected chi connectivity index (χ3v) is 3.52. The maximum atomic E-state index is 4.17. The molecule has 0 fully saturated rings. The smallest absolute Gasteiger partial charge is 0.0521 e. The molecule has 1 atom stereocenters. The molecule has 1 heterocycles. The summed E-state index contributed by atoms with van der Waals surface area (Å²) in [4.78, 5) is 0. The van der Waals surface area contributed by atoms with E-state index in [4.69, 9.17) is 0 Å². The van der Waals surface area contributed by atoms with E-state index in [9.17, 15) is 0 Å². The molecule has 1 unspecified atom stereocenters. The van der Waals surface area contributed by atoms with E-state index in [0.29, 0.717) is 6.04 Å². The molecule has 0 spiro atoms. The minimum absolute atomic E-state index is 0.621. The largest absolute Gasteiger partial charge is 0.316 e. The van der Waals surface area contributed by atoms with Gasteiger partial charge in [-0.25, -0.2) is 0 Å². The number of nitrogens with one attached hydrogen (secondary N) is 1. The van der Waals surface area contributed by atoms with Crippen LogP contribution in [-0.2, 0) is 13.5 Å². The van der Waals surface area contributed by atoms with Gasteiger partial charge in [-0.15, -0.1) is 0 Å². The molecule has 4 heteroatoms. The van der Waals surface area contributed by atoms with Gasteiger partial charge >= 0.3 is 0 Å². The monoisotopic (exact) mass is 227 g/mol. The van der Waals surface area contributed by atoms with Gasteiger partial charge in [0, 0.05) is 25.0 Å². The Morgan fingerprint density at radius 2 is 2.40 bits per heavy atom. The Labute approximate surface area is 96.6 Å². The third-order valence-electron chi connectivity index (χ3n) is 2.47. The summed E-state index contributed by atoms with van der Waals surface area (Å²) in [5.41, 5.74) is 1.33. The van der Waals surface area contributed by atoms with Crippen LogP contribution >= 0.6 is 11.8 Å². The average molecular weight is 227 g/mol. The lowest BCUT2D eigenvalue weighted by molar-refractivity contribution is 0.572. The molecule has 1 aromatic heterocycles. The molecular weight excluding hydrogens is 206 g/mol. The van der Waals surface area contributed by atoms with Gasteiger partial charge in [-0.2, -0.15) is 16.9 Å². The van der Waals surface area contributed by atoms with Crippen LogP contribution in [0.2, 0.25) is 0 Å². The molecule has 15 heavy (non-hydrogen) atoms. The molecule has 0 aromatic carbocycles. The molecule has 0 aliphatic rings. The van der Waals surface area contributed by atoms with E-state index in [2.05, 4.69) is 23.5 Å². The second-order valence-corrected chi connectivity index (χ2v) is 5.02. The molecule has 0 amide bonds. The summed E-state index contributed by atoms with van der Waals surface area (Å²) >= 11 is 2.00. The van der Waals surface area contributed by atoms with Crippen LogP contribution in [0, 0.1) is 0 Å². The van der Waals surface area contributed by atoms with Crippen molar-refractivity contribution < 1.29 is 0 Å². The molecule has 0 saturated carbocycles. The van der Waals surface area contributed by atoms with Gasteiger partial charge in [-0.1, -0.05) is 6.92 Å². The first-order valence-corrected chi connectivity index (χ1v) is 6.64. The fraction of sp³-hybridized carbons (Fsp3) is 0.727. The Hall–Kier alpha value is -0.480. The Bertz CT molecular complexity index is 273. The molecule has 0 bridgehead atoms. The van der Waals surface area contributed by atoms with E-state index >= 15 is 0 Å². The first-order valence-electron chi connectivity index (χ1n) is 5.48. The number of hydrogen-bond donors (Lipinski definition) is 1. The zero-order valence-corrected chi connectivity index (χ0v) is 10.7. The number of rotatable bonds is 7. The van der Waals surface area contributed by atoms with Crippen LogP contribution in [0.3, 0.4) is 0 Å². The van der Waals surface area contributed by atoms with Gasteiger partial charge in [0.2, 0.25) is 0 Å². The highest BCUT2D eigenvalue weighted by molar-refractivity contribution is 7.99. The van der Waals surface area contributed by atoms with Crippen LogP contribution in [0.4, 0.5) is 0 Å². The Morgan fingerprint density at radius 1 is 1.60 bits per heavy atom. The number of hydrogen-bond acceptors (Lipinski definition) is 3. The van der Waals surface area contributed by atoms with Crippen LogP contribution in [0.5, 0.6) is 0 Å². The number of nitrogens with zero attached hydrogens (tertiary/aromatic N) is 2. The summed E-state index contributed by atoms with van der Waals surface area (Å²) in [6.07, 6.45) is 6.36. The van der Waals surface area contributed by atoms with E-state index in [1.54, 1.807) is 0 Å². The highest BCUT2D eigenvalue weighted by Gasteiger charge is 2.06. The number of thioether (sulfide) groups is 1. The molecule has 1 rings (SSSR count). The van der Waals surface area contributed by atoms with Crippen molar-refractivity contribution in [1.29, 1.82) is 0 Å². The highest BCUT2D eigenvalue weighted by atomic mass is 32.2. The zero-order valence-electron chi connectivity index (χ0n) is 9.86. The van der Waals surface area contributed by atoms with Crippen molar-refractivity contribution in [3.63, 3.8) is 0 Å². The van der Waals surface area contributed by atoms with Crippen molar-refractivity contribution in [3.05, 3.63) is 18.0 Å². The van der Waals surface area contributed by atoms with Crippen molar-refractivity contribution in [2.45, 2.75) is 25.8 Å². The van der Waals surface area contributed by atoms with Gasteiger partial charge in [-0.05, 0) is 31.2 Å². The van der Waals surface area contributed by atoms with Crippen LogP contribution in [-0.4, -0.2) is 34.4 Å². The number of aryl methyl sites for hydroxylation is 2. The van der Waals surface area contributed by atoms with Crippen LogP contribution in [0.1, 0.15) is 18.9 Å². The zero-order chi connectivity index (χ0) is 11.1. The molecule has 0 radical (unpaired) electrons. The molecule has 86 valence electrons. The topological polar surface area (TPSA) is 29.9 Å². The first kappa shape index (κ1) is 12.6. The summed E-state index contributed by atoms with van der Waals surface area (Å²) in [6.45, 7) is 2.21. The molecule has 0 aliphatic heterocycles. The minimum Gasteiger partial charge on any atom is -0.316 e. The van der Waals surface area contributed by atoms with Gasteiger partial charge in [0.1, 0.15) is 0 Å². The standard InChI is InChI=1S/C11H21N3S/c1-4-15-9-11(12-2)6-5-10-7-13-14(3)8-10/h7-8,11-12H,4-6,9H2,1-3H3. The highest BCUT2D eigenvalue weighted by Crippen LogP contribution is 2.08. The lowest BCUT2D eigenvalue weighted by Gasteiger charge is -2.14. The van der Waals surface area contributed by atoms with Gasteiger partial charge < -0.3 is 5.32 Å². The normalized spacial score (nSPS) is 13.0. The van der Waals surface area contributed by atoms with Gasteiger partial charge in [0.25, 0.3) is 0 Å². The molecule has 0 saturated heterocycles. The maximum Gasteiger partial charge on any atom is 0.0521 e. The summed E-state index contributed by atoms with van der Waals surface area (Å²) in [6, 6.07) is 0.621. The predicted molar refractivity (Wildman–Crippen MR) is 67.4 cm³/mol. The number of aromatic nitrogens is 2. The quantitative estimate of drug-likeness (QED) is 0.769. The van der Waals surface area contributed by atoms with Gasteiger partial charge in [-0.3, -0.25) is 4.68 Å². The minimum atomic E-state index is 0.621. The molecular formula is C11H21N3S. The maximum absolute atomic E-state index is 4.17. The van der Waals surface area contributed by atoms with E-state index in [-0.39, 0.29) is 0 Å². The molecule has 1 aromatic rings. The lowest BCUT2D eigenvalue weighted by Crippen LogP contribution is -2.28. The van der Waals surface area contributed by atoms with Crippen molar-refractivity contribution in [3.8, 4) is 0 Å². The van der Waals surface area contributed by atoms with Gasteiger partial charge in [0.15, 0.2) is 0 Å².